The molecule has 1 N–H and O–H groups in total. The molecule has 0 unspecified atom stereocenters. The zero-order valence-electron chi connectivity index (χ0n) is 17.6. The van der Waals surface area contributed by atoms with Crippen molar-refractivity contribution in [2.24, 2.45) is 0 Å². The summed E-state index contributed by atoms with van der Waals surface area (Å²) in [6.45, 7) is 3.25. The van der Waals surface area contributed by atoms with E-state index in [9.17, 15) is 9.59 Å². The van der Waals surface area contributed by atoms with Crippen LogP contribution in [0.2, 0.25) is 5.02 Å². The molecule has 3 amide bonds. The molecule has 1 aromatic heterocycles. The zero-order chi connectivity index (χ0) is 21.8. The Hall–Kier alpha value is -2.80. The molecule has 1 saturated carbocycles. The fourth-order valence-corrected chi connectivity index (χ4v) is 4.18. The maximum atomic E-state index is 12.7. The summed E-state index contributed by atoms with van der Waals surface area (Å²) in [6, 6.07) is 11.4. The summed E-state index contributed by atoms with van der Waals surface area (Å²) in [5.41, 5.74) is 2.02. The average Bonchev–Trinajstić information content (AvgIpc) is 3.12. The third-order valence-electron chi connectivity index (χ3n) is 5.80. The number of aryl methyl sites for hydroxylation is 1. The molecule has 1 aromatic carbocycles. The van der Waals surface area contributed by atoms with Crippen LogP contribution in [0.25, 0.3) is 0 Å². The highest BCUT2D eigenvalue weighted by Gasteiger charge is 2.31. The highest BCUT2D eigenvalue weighted by atomic mass is 35.5. The number of rotatable bonds is 6. The lowest BCUT2D eigenvalue weighted by atomic mass is 9.93. The van der Waals surface area contributed by atoms with Gasteiger partial charge in [-0.05, 0) is 50.8 Å². The summed E-state index contributed by atoms with van der Waals surface area (Å²) in [5, 5.41) is 3.66. The monoisotopic (exact) mass is 442 g/mol. The van der Waals surface area contributed by atoms with Gasteiger partial charge in [-0.2, -0.15) is 0 Å². The molecule has 8 heteroatoms. The number of aromatic nitrogens is 1. The van der Waals surface area contributed by atoms with Gasteiger partial charge in [-0.1, -0.05) is 29.3 Å². The molecule has 1 aliphatic carbocycles. The number of urea groups is 1. The molecule has 0 spiro atoms. The first-order chi connectivity index (χ1) is 15.0. The smallest absolute Gasteiger partial charge is 0.325 e. The Labute approximate surface area is 187 Å². The molecule has 164 valence electrons. The van der Waals surface area contributed by atoms with Crippen LogP contribution in [0.4, 0.5) is 10.5 Å². The molecule has 2 fully saturated rings. The summed E-state index contributed by atoms with van der Waals surface area (Å²) in [6.07, 6.45) is 5.03. The van der Waals surface area contributed by atoms with Crippen LogP contribution >= 0.6 is 11.6 Å². The molecule has 4 rings (SSSR count). The molecule has 0 radical (unpaired) electrons. The SMILES string of the molecule is Cc1ccc(N2CCN(CC(=O)NC3CCC(Oc4ccc(Cl)cn4)CC3)C2=O)cc1. The van der Waals surface area contributed by atoms with Gasteiger partial charge in [-0.3, -0.25) is 9.69 Å². The maximum Gasteiger partial charge on any atom is 0.325 e. The number of benzene rings is 1. The van der Waals surface area contributed by atoms with Crippen molar-refractivity contribution in [2.75, 3.05) is 24.5 Å². The van der Waals surface area contributed by atoms with Gasteiger partial charge in [0.25, 0.3) is 0 Å². The summed E-state index contributed by atoms with van der Waals surface area (Å²) in [5.74, 6) is 0.463. The van der Waals surface area contributed by atoms with Gasteiger partial charge in [0.2, 0.25) is 11.8 Å². The van der Waals surface area contributed by atoms with Crippen molar-refractivity contribution in [3.63, 3.8) is 0 Å². The normalized spacial score (nSPS) is 21.3. The van der Waals surface area contributed by atoms with Gasteiger partial charge in [-0.15, -0.1) is 0 Å². The van der Waals surface area contributed by atoms with Gasteiger partial charge in [-0.25, -0.2) is 9.78 Å². The van der Waals surface area contributed by atoms with Crippen molar-refractivity contribution in [1.29, 1.82) is 0 Å². The van der Waals surface area contributed by atoms with Crippen LogP contribution in [0, 0.1) is 6.92 Å². The number of carbonyl (C=O) groups is 2. The van der Waals surface area contributed by atoms with E-state index in [0.29, 0.717) is 24.0 Å². The van der Waals surface area contributed by atoms with Gasteiger partial charge >= 0.3 is 6.03 Å². The molecular formula is C23H27ClN4O3. The number of ether oxygens (including phenoxy) is 1. The third kappa shape index (κ3) is 5.47. The molecular weight excluding hydrogens is 416 g/mol. The zero-order valence-corrected chi connectivity index (χ0v) is 18.3. The van der Waals surface area contributed by atoms with Crippen molar-refractivity contribution in [1.82, 2.24) is 15.2 Å². The first kappa shape index (κ1) is 21.4. The van der Waals surface area contributed by atoms with Crippen molar-refractivity contribution in [3.8, 4) is 5.88 Å². The summed E-state index contributed by atoms with van der Waals surface area (Å²) >= 11 is 5.85. The predicted molar refractivity (Wildman–Crippen MR) is 120 cm³/mol. The van der Waals surface area contributed by atoms with Crippen LogP contribution in [0.15, 0.2) is 42.6 Å². The van der Waals surface area contributed by atoms with Crippen LogP contribution < -0.4 is 15.0 Å². The Morgan fingerprint density at radius 2 is 1.87 bits per heavy atom. The van der Waals surface area contributed by atoms with Crippen molar-refractivity contribution >= 4 is 29.2 Å². The minimum absolute atomic E-state index is 0.0880. The minimum atomic E-state index is -0.119. The molecule has 7 nitrogen and oxygen atoms in total. The summed E-state index contributed by atoms with van der Waals surface area (Å²) in [7, 11) is 0. The average molecular weight is 443 g/mol. The summed E-state index contributed by atoms with van der Waals surface area (Å²) in [4.78, 5) is 32.7. The molecule has 1 saturated heterocycles. The standard InChI is InChI=1S/C23H27ClN4O3/c1-16-2-7-19(8-3-16)28-13-12-27(23(28)30)15-21(29)26-18-5-9-20(10-6-18)31-22-11-4-17(24)14-25-22/h2-4,7-8,11,14,18,20H,5-6,9-10,12-13,15H2,1H3,(H,26,29). The van der Waals surface area contributed by atoms with E-state index in [2.05, 4.69) is 10.3 Å². The van der Waals surface area contributed by atoms with Crippen molar-refractivity contribution in [3.05, 3.63) is 53.2 Å². The fourth-order valence-electron chi connectivity index (χ4n) is 4.07. The number of hydrogen-bond acceptors (Lipinski definition) is 4. The van der Waals surface area contributed by atoms with E-state index in [0.717, 1.165) is 36.9 Å². The highest BCUT2D eigenvalue weighted by Crippen LogP contribution is 2.24. The van der Waals surface area contributed by atoms with Crippen LogP contribution in [-0.4, -0.2) is 53.6 Å². The van der Waals surface area contributed by atoms with Crippen LogP contribution in [0.1, 0.15) is 31.2 Å². The van der Waals surface area contributed by atoms with Gasteiger partial charge < -0.3 is 15.0 Å². The van der Waals surface area contributed by atoms with Crippen LogP contribution in [-0.2, 0) is 4.79 Å². The number of amides is 3. The second-order valence-electron chi connectivity index (χ2n) is 8.16. The number of nitrogens with zero attached hydrogens (tertiary/aromatic N) is 3. The van der Waals surface area contributed by atoms with Crippen LogP contribution in [0.3, 0.4) is 0 Å². The summed E-state index contributed by atoms with van der Waals surface area (Å²) < 4.78 is 5.91. The van der Waals surface area contributed by atoms with E-state index in [4.69, 9.17) is 16.3 Å². The molecule has 1 aliphatic heterocycles. The van der Waals surface area contributed by atoms with Gasteiger partial charge in [0.1, 0.15) is 12.6 Å². The van der Waals surface area contributed by atoms with E-state index in [1.54, 1.807) is 28.1 Å². The Morgan fingerprint density at radius 3 is 2.55 bits per heavy atom. The van der Waals surface area contributed by atoms with Crippen molar-refractivity contribution in [2.45, 2.75) is 44.8 Å². The third-order valence-corrected chi connectivity index (χ3v) is 6.03. The first-order valence-corrected chi connectivity index (χ1v) is 11.1. The number of hydrogen-bond donors (Lipinski definition) is 1. The lowest BCUT2D eigenvalue weighted by Crippen LogP contribution is -2.45. The second-order valence-corrected chi connectivity index (χ2v) is 8.60. The van der Waals surface area contributed by atoms with Crippen molar-refractivity contribution < 1.29 is 14.3 Å². The number of anilines is 1. The van der Waals surface area contributed by atoms with E-state index < -0.39 is 0 Å². The molecule has 2 heterocycles. The van der Waals surface area contributed by atoms with Crippen LogP contribution in [0.5, 0.6) is 5.88 Å². The second kappa shape index (κ2) is 9.56. The number of pyridine rings is 1. The Kier molecular flexibility index (Phi) is 6.61. The largest absolute Gasteiger partial charge is 0.474 e. The predicted octanol–water partition coefficient (Wildman–Crippen LogP) is 3.79. The minimum Gasteiger partial charge on any atom is -0.474 e. The maximum absolute atomic E-state index is 12.7. The highest BCUT2D eigenvalue weighted by molar-refractivity contribution is 6.30. The fraction of sp³-hybridized carbons (Fsp3) is 0.435. The lowest BCUT2D eigenvalue weighted by Gasteiger charge is -2.29. The van der Waals surface area contributed by atoms with Gasteiger partial charge in [0.05, 0.1) is 5.02 Å². The van der Waals surface area contributed by atoms with Gasteiger partial charge in [0, 0.05) is 37.1 Å². The lowest BCUT2D eigenvalue weighted by molar-refractivity contribution is -0.122. The van der Waals surface area contributed by atoms with Gasteiger partial charge in [0.15, 0.2) is 0 Å². The van der Waals surface area contributed by atoms with E-state index in [-0.39, 0.29) is 30.6 Å². The Morgan fingerprint density at radius 1 is 1.13 bits per heavy atom. The molecule has 0 bridgehead atoms. The topological polar surface area (TPSA) is 74.8 Å². The van der Waals surface area contributed by atoms with E-state index >= 15 is 0 Å². The quantitative estimate of drug-likeness (QED) is 0.738. The number of nitrogens with one attached hydrogen (secondary N) is 1. The Balaban J connectivity index is 1.21. The molecule has 0 atom stereocenters. The van der Waals surface area contributed by atoms with E-state index in [1.165, 1.54) is 0 Å². The molecule has 2 aromatic rings. The molecule has 31 heavy (non-hydrogen) atoms. The number of carbonyl (C=O) groups excluding carboxylic acids is 2. The first-order valence-electron chi connectivity index (χ1n) is 10.7. The number of halogens is 1. The molecule has 2 aliphatic rings. The Bertz CT molecular complexity index is 911. The van der Waals surface area contributed by atoms with E-state index in [1.807, 2.05) is 31.2 Å².